The van der Waals surface area contributed by atoms with Crippen LogP contribution in [-0.2, 0) is 6.42 Å². The summed E-state index contributed by atoms with van der Waals surface area (Å²) in [7, 11) is 0. The van der Waals surface area contributed by atoms with Gasteiger partial charge in [0.2, 0.25) is 0 Å². The van der Waals surface area contributed by atoms with Crippen LogP contribution < -0.4 is 0 Å². The molecule has 0 fully saturated rings. The van der Waals surface area contributed by atoms with E-state index in [1.807, 2.05) is 0 Å². The molecule has 1 aliphatic carbocycles. The molecule has 3 unspecified atom stereocenters. The molecule has 1 aromatic rings. The Bertz CT molecular complexity index is 317. The average molecular weight is 206 g/mol. The van der Waals surface area contributed by atoms with E-state index in [4.69, 9.17) is 0 Å². The first-order valence-electron chi connectivity index (χ1n) is 5.50. The number of benzene rings is 1. The predicted molar refractivity (Wildman–Crippen MR) is 65.1 cm³/mol. The molecule has 0 radical (unpaired) electrons. The van der Waals surface area contributed by atoms with Crippen LogP contribution in [0, 0.1) is 5.92 Å². The van der Waals surface area contributed by atoms with Gasteiger partial charge in [0.15, 0.2) is 0 Å². The van der Waals surface area contributed by atoms with Crippen LogP contribution in [0.1, 0.15) is 37.3 Å². The lowest BCUT2D eigenvalue weighted by atomic mass is 9.88. The molecular weight excluding hydrogens is 188 g/mol. The first-order valence-corrected chi connectivity index (χ1v) is 6.01. The Morgan fingerprint density at radius 3 is 2.79 bits per heavy atom. The van der Waals surface area contributed by atoms with Crippen LogP contribution >= 0.6 is 12.6 Å². The number of fused-ring (bicyclic) bond motifs is 1. The highest BCUT2D eigenvalue weighted by atomic mass is 32.1. The van der Waals surface area contributed by atoms with Crippen LogP contribution in [0.5, 0.6) is 0 Å². The SMILES string of the molecule is CCC1Cc2ccccc2C1C(C)S. The Morgan fingerprint density at radius 1 is 1.43 bits per heavy atom. The smallest absolute Gasteiger partial charge is 0.00600 e. The molecule has 0 nitrogen and oxygen atoms in total. The van der Waals surface area contributed by atoms with Crippen molar-refractivity contribution in [2.45, 2.75) is 37.9 Å². The zero-order valence-corrected chi connectivity index (χ0v) is 9.80. The average Bonchev–Trinajstić information content (AvgIpc) is 2.55. The van der Waals surface area contributed by atoms with Crippen LogP contribution in [0.25, 0.3) is 0 Å². The van der Waals surface area contributed by atoms with Crippen molar-refractivity contribution in [3.8, 4) is 0 Å². The van der Waals surface area contributed by atoms with Crippen molar-refractivity contribution in [3.63, 3.8) is 0 Å². The summed E-state index contributed by atoms with van der Waals surface area (Å²) in [4.78, 5) is 0. The van der Waals surface area contributed by atoms with E-state index in [2.05, 4.69) is 50.7 Å². The maximum Gasteiger partial charge on any atom is 0.00600 e. The van der Waals surface area contributed by atoms with Crippen LogP contribution in [0.2, 0.25) is 0 Å². The summed E-state index contributed by atoms with van der Waals surface area (Å²) >= 11 is 4.63. The fraction of sp³-hybridized carbons (Fsp3) is 0.538. The number of rotatable bonds is 2. The molecule has 1 heteroatoms. The van der Waals surface area contributed by atoms with Gasteiger partial charge in [0.05, 0.1) is 0 Å². The minimum Gasteiger partial charge on any atom is -0.176 e. The van der Waals surface area contributed by atoms with Gasteiger partial charge in [-0.15, -0.1) is 0 Å². The van der Waals surface area contributed by atoms with Crippen molar-refractivity contribution >= 4 is 12.6 Å². The van der Waals surface area contributed by atoms with Gasteiger partial charge in [0.25, 0.3) is 0 Å². The molecular formula is C13H18S. The second-order valence-corrected chi connectivity index (χ2v) is 5.15. The van der Waals surface area contributed by atoms with Gasteiger partial charge in [-0.05, 0) is 29.4 Å². The second-order valence-electron chi connectivity index (χ2n) is 4.34. The third kappa shape index (κ3) is 1.58. The third-order valence-corrected chi connectivity index (χ3v) is 3.77. The molecule has 0 amide bonds. The lowest BCUT2D eigenvalue weighted by molar-refractivity contribution is 0.441. The second kappa shape index (κ2) is 3.98. The van der Waals surface area contributed by atoms with E-state index in [1.54, 1.807) is 11.1 Å². The maximum absolute atomic E-state index is 4.63. The van der Waals surface area contributed by atoms with E-state index in [1.165, 1.54) is 12.8 Å². The molecule has 0 N–H and O–H groups in total. The van der Waals surface area contributed by atoms with Gasteiger partial charge in [-0.2, -0.15) is 12.6 Å². The normalized spacial score (nSPS) is 27.4. The fourth-order valence-corrected chi connectivity index (χ4v) is 3.16. The lowest BCUT2D eigenvalue weighted by Gasteiger charge is -2.22. The Balaban J connectivity index is 2.37. The zero-order chi connectivity index (χ0) is 10.1. The summed E-state index contributed by atoms with van der Waals surface area (Å²) in [6.07, 6.45) is 2.52. The zero-order valence-electron chi connectivity index (χ0n) is 8.90. The van der Waals surface area contributed by atoms with E-state index >= 15 is 0 Å². The van der Waals surface area contributed by atoms with Crippen molar-refractivity contribution in [2.24, 2.45) is 5.92 Å². The van der Waals surface area contributed by atoms with Gasteiger partial charge in [-0.3, -0.25) is 0 Å². The van der Waals surface area contributed by atoms with E-state index in [0.29, 0.717) is 11.2 Å². The number of hydrogen-bond donors (Lipinski definition) is 1. The summed E-state index contributed by atoms with van der Waals surface area (Å²) in [5.41, 5.74) is 3.09. The number of hydrogen-bond acceptors (Lipinski definition) is 1. The highest BCUT2D eigenvalue weighted by molar-refractivity contribution is 7.81. The molecule has 0 aromatic heterocycles. The number of thiol groups is 1. The van der Waals surface area contributed by atoms with Crippen molar-refractivity contribution < 1.29 is 0 Å². The van der Waals surface area contributed by atoms with Gasteiger partial charge >= 0.3 is 0 Å². The summed E-state index contributed by atoms with van der Waals surface area (Å²) in [5.74, 6) is 1.47. The minimum atomic E-state index is 0.476. The molecule has 0 saturated heterocycles. The van der Waals surface area contributed by atoms with Crippen LogP contribution in [0.3, 0.4) is 0 Å². The van der Waals surface area contributed by atoms with Gasteiger partial charge < -0.3 is 0 Å². The Kier molecular flexibility index (Phi) is 2.87. The van der Waals surface area contributed by atoms with Crippen LogP contribution in [0.15, 0.2) is 24.3 Å². The lowest BCUT2D eigenvalue weighted by Crippen LogP contribution is -2.15. The monoisotopic (exact) mass is 206 g/mol. The predicted octanol–water partition coefficient (Wildman–Crippen LogP) is 3.67. The quantitative estimate of drug-likeness (QED) is 0.701. The molecule has 76 valence electrons. The van der Waals surface area contributed by atoms with E-state index in [0.717, 1.165) is 5.92 Å². The third-order valence-electron chi connectivity index (χ3n) is 3.45. The first-order chi connectivity index (χ1) is 6.74. The summed E-state index contributed by atoms with van der Waals surface area (Å²) < 4.78 is 0. The molecule has 1 aliphatic rings. The molecule has 2 rings (SSSR count). The van der Waals surface area contributed by atoms with Crippen molar-refractivity contribution in [1.82, 2.24) is 0 Å². The molecule has 1 aromatic carbocycles. The molecule has 0 heterocycles. The Labute approximate surface area is 92.1 Å². The summed E-state index contributed by atoms with van der Waals surface area (Å²) in [6.45, 7) is 4.51. The van der Waals surface area contributed by atoms with Gasteiger partial charge in [-0.1, -0.05) is 44.5 Å². The largest absolute Gasteiger partial charge is 0.176 e. The standard InChI is InChI=1S/C13H18S/c1-3-10-8-11-6-4-5-7-12(11)13(10)9(2)14/h4-7,9-10,13-14H,3,8H2,1-2H3. The first kappa shape index (κ1) is 10.1. The van der Waals surface area contributed by atoms with Crippen LogP contribution in [-0.4, -0.2) is 5.25 Å². The topological polar surface area (TPSA) is 0 Å². The van der Waals surface area contributed by atoms with E-state index in [9.17, 15) is 0 Å². The van der Waals surface area contributed by atoms with E-state index < -0.39 is 0 Å². The van der Waals surface area contributed by atoms with Crippen molar-refractivity contribution in [3.05, 3.63) is 35.4 Å². The molecule has 0 aliphatic heterocycles. The molecule has 0 saturated carbocycles. The van der Waals surface area contributed by atoms with Gasteiger partial charge in [0, 0.05) is 5.25 Å². The molecule has 3 atom stereocenters. The van der Waals surface area contributed by atoms with Crippen molar-refractivity contribution in [1.29, 1.82) is 0 Å². The Hall–Kier alpha value is -0.430. The minimum absolute atomic E-state index is 0.476. The van der Waals surface area contributed by atoms with Gasteiger partial charge in [-0.25, -0.2) is 0 Å². The fourth-order valence-electron chi connectivity index (χ4n) is 2.76. The molecule has 14 heavy (non-hydrogen) atoms. The highest BCUT2D eigenvalue weighted by Crippen LogP contribution is 2.42. The summed E-state index contributed by atoms with van der Waals surface area (Å²) in [5, 5.41) is 0.476. The molecule has 0 bridgehead atoms. The summed E-state index contributed by atoms with van der Waals surface area (Å²) in [6, 6.07) is 8.85. The highest BCUT2D eigenvalue weighted by Gasteiger charge is 2.33. The van der Waals surface area contributed by atoms with Gasteiger partial charge in [0.1, 0.15) is 0 Å². The molecule has 0 spiro atoms. The van der Waals surface area contributed by atoms with Crippen molar-refractivity contribution in [2.75, 3.05) is 0 Å². The van der Waals surface area contributed by atoms with E-state index in [-0.39, 0.29) is 0 Å². The Morgan fingerprint density at radius 2 is 2.14 bits per heavy atom. The maximum atomic E-state index is 4.63. The van der Waals surface area contributed by atoms with Crippen LogP contribution in [0.4, 0.5) is 0 Å².